The summed E-state index contributed by atoms with van der Waals surface area (Å²) in [5, 5.41) is 3.26. The molecular formula is C39H55NO4. The van der Waals surface area contributed by atoms with Gasteiger partial charge in [-0.05, 0) is 90.9 Å². The maximum absolute atomic E-state index is 14.7. The second kappa shape index (κ2) is 10.3. The van der Waals surface area contributed by atoms with Crippen LogP contribution in [0.3, 0.4) is 0 Å². The number of ether oxygens (including phenoxy) is 1. The molecule has 6 rings (SSSR count). The molecule has 0 spiro atoms. The molecule has 1 aromatic rings. The fraction of sp³-hybridized carbons (Fsp3) is 0.718. The molecule has 1 unspecified atom stereocenters. The van der Waals surface area contributed by atoms with E-state index in [1.54, 1.807) is 0 Å². The van der Waals surface area contributed by atoms with Crippen LogP contribution >= 0.6 is 0 Å². The van der Waals surface area contributed by atoms with Crippen LogP contribution in [0.15, 0.2) is 41.5 Å². The summed E-state index contributed by atoms with van der Waals surface area (Å²) in [6, 6.07) is 10.1. The van der Waals surface area contributed by atoms with Crippen LogP contribution in [0.25, 0.3) is 0 Å². The smallest absolute Gasteiger partial charge is 0.302 e. The minimum atomic E-state index is -0.474. The van der Waals surface area contributed by atoms with Crippen molar-refractivity contribution in [3.63, 3.8) is 0 Å². The molecule has 240 valence electrons. The molecule has 1 N–H and O–H groups in total. The summed E-state index contributed by atoms with van der Waals surface area (Å²) in [5.74, 6) is 0.659. The van der Waals surface area contributed by atoms with E-state index in [0.29, 0.717) is 24.7 Å². The van der Waals surface area contributed by atoms with E-state index < -0.39 is 5.41 Å². The first kappa shape index (κ1) is 31.5. The van der Waals surface area contributed by atoms with Crippen LogP contribution in [-0.4, -0.2) is 23.8 Å². The number of carbonyl (C=O) groups excluding carboxylic acids is 3. The number of benzene rings is 1. The zero-order valence-electron chi connectivity index (χ0n) is 28.5. The molecule has 0 saturated heterocycles. The van der Waals surface area contributed by atoms with E-state index in [9.17, 15) is 14.4 Å². The summed E-state index contributed by atoms with van der Waals surface area (Å²) in [5.41, 5.74) is 3.01. The summed E-state index contributed by atoms with van der Waals surface area (Å²) in [6.45, 7) is 18.5. The summed E-state index contributed by atoms with van der Waals surface area (Å²) in [4.78, 5) is 40.5. The van der Waals surface area contributed by atoms with Gasteiger partial charge in [0.25, 0.3) is 0 Å². The monoisotopic (exact) mass is 601 g/mol. The molecule has 0 aliphatic heterocycles. The molecule has 5 aliphatic rings. The standard InChI is InChI=1S/C39H55NO4/c1-25(41)44-31-15-16-37(6)30(34(31,2)3)14-17-39(8)32(37)29(42)22-27-28-23-36(5,19-18-35(28,4)20-21-38(27,39)7)33(43)40-24-26-12-10-9-11-13-26/h9-13,30-32H,14-24H2,1-8H3,(H,40,43)/t30?,31-,32+,35+,36-,37-,38+,39+/m0/s1. The van der Waals surface area contributed by atoms with E-state index in [0.717, 1.165) is 63.4 Å². The number of allylic oxidation sites excluding steroid dienone is 2. The third-order valence-electron chi connectivity index (χ3n) is 14.5. The van der Waals surface area contributed by atoms with Gasteiger partial charge in [0.1, 0.15) is 11.9 Å². The van der Waals surface area contributed by atoms with Crippen molar-refractivity contribution in [3.8, 4) is 0 Å². The number of nitrogens with one attached hydrogen (secondary N) is 1. The van der Waals surface area contributed by atoms with Crippen LogP contribution in [0.5, 0.6) is 0 Å². The Bertz CT molecular complexity index is 1400. The lowest BCUT2D eigenvalue weighted by Crippen LogP contribution is -2.66. The summed E-state index contributed by atoms with van der Waals surface area (Å²) in [6.07, 6.45) is 9.09. The predicted molar refractivity (Wildman–Crippen MR) is 173 cm³/mol. The Morgan fingerprint density at radius 1 is 0.864 bits per heavy atom. The largest absolute Gasteiger partial charge is 0.462 e. The van der Waals surface area contributed by atoms with Crippen LogP contribution in [-0.2, 0) is 25.7 Å². The minimum Gasteiger partial charge on any atom is -0.462 e. The first-order chi connectivity index (χ1) is 20.5. The summed E-state index contributed by atoms with van der Waals surface area (Å²) in [7, 11) is 0. The van der Waals surface area contributed by atoms with Crippen molar-refractivity contribution in [2.45, 2.75) is 132 Å². The van der Waals surface area contributed by atoms with E-state index in [1.165, 1.54) is 18.1 Å². The molecule has 4 saturated carbocycles. The number of ketones is 1. The van der Waals surface area contributed by atoms with Gasteiger partial charge in [-0.15, -0.1) is 0 Å². The quantitative estimate of drug-likeness (QED) is 0.278. The molecular weight excluding hydrogens is 546 g/mol. The van der Waals surface area contributed by atoms with Crippen molar-refractivity contribution < 1.29 is 19.1 Å². The van der Waals surface area contributed by atoms with Crippen LogP contribution in [0.1, 0.15) is 125 Å². The van der Waals surface area contributed by atoms with Crippen molar-refractivity contribution in [1.82, 2.24) is 5.32 Å². The van der Waals surface area contributed by atoms with Crippen LogP contribution in [0, 0.1) is 44.3 Å². The zero-order chi connectivity index (χ0) is 31.9. The summed E-state index contributed by atoms with van der Waals surface area (Å²) < 4.78 is 5.88. The fourth-order valence-corrected chi connectivity index (χ4v) is 11.7. The van der Waals surface area contributed by atoms with Gasteiger partial charge < -0.3 is 10.1 Å². The second-order valence-corrected chi connectivity index (χ2v) is 17.3. The molecule has 8 atom stereocenters. The van der Waals surface area contributed by atoms with Gasteiger partial charge in [0.2, 0.25) is 5.91 Å². The molecule has 4 fully saturated rings. The number of carbonyl (C=O) groups is 3. The lowest BCUT2D eigenvalue weighted by molar-refractivity contribution is -0.211. The highest BCUT2D eigenvalue weighted by Gasteiger charge is 2.70. The van der Waals surface area contributed by atoms with Gasteiger partial charge in [-0.3, -0.25) is 14.4 Å². The molecule has 5 aliphatic carbocycles. The van der Waals surface area contributed by atoms with Crippen LogP contribution in [0.4, 0.5) is 0 Å². The summed E-state index contributed by atoms with van der Waals surface area (Å²) >= 11 is 0. The Kier molecular flexibility index (Phi) is 7.38. The predicted octanol–water partition coefficient (Wildman–Crippen LogP) is 8.36. The first-order valence-corrected chi connectivity index (χ1v) is 17.3. The molecule has 5 heteroatoms. The first-order valence-electron chi connectivity index (χ1n) is 17.3. The van der Waals surface area contributed by atoms with Crippen LogP contribution in [0.2, 0.25) is 0 Å². The van der Waals surface area contributed by atoms with Gasteiger partial charge in [-0.1, -0.05) is 89.9 Å². The SMILES string of the molecule is CC(=O)O[C@H]1CC[C@@]2(C)C(CC[C@]3(C)[C@@H]2C(=O)CC2=C4C[C@@](C)(C(=O)NCc5ccccc5)CC[C@]4(C)CC[C@]23C)C1(C)C. The number of esters is 1. The van der Waals surface area contributed by atoms with Gasteiger partial charge >= 0.3 is 5.97 Å². The van der Waals surface area contributed by atoms with Gasteiger partial charge in [0.15, 0.2) is 0 Å². The topological polar surface area (TPSA) is 72.5 Å². The molecule has 44 heavy (non-hydrogen) atoms. The second-order valence-electron chi connectivity index (χ2n) is 17.3. The average Bonchev–Trinajstić information content (AvgIpc) is 2.95. The average molecular weight is 602 g/mol. The zero-order valence-corrected chi connectivity index (χ0v) is 28.5. The molecule has 0 heterocycles. The van der Waals surface area contributed by atoms with Crippen molar-refractivity contribution in [2.75, 3.05) is 0 Å². The molecule has 0 radical (unpaired) electrons. The van der Waals surface area contributed by atoms with E-state index in [-0.39, 0.29) is 51.0 Å². The Labute approximate surface area is 265 Å². The lowest BCUT2D eigenvalue weighted by Gasteiger charge is -2.70. The highest BCUT2D eigenvalue weighted by molar-refractivity contribution is 5.88. The highest BCUT2D eigenvalue weighted by atomic mass is 16.5. The van der Waals surface area contributed by atoms with E-state index in [4.69, 9.17) is 4.74 Å². The lowest BCUT2D eigenvalue weighted by atomic mass is 9.34. The van der Waals surface area contributed by atoms with Crippen molar-refractivity contribution >= 4 is 17.7 Å². The van der Waals surface area contributed by atoms with Gasteiger partial charge in [-0.25, -0.2) is 0 Å². The van der Waals surface area contributed by atoms with E-state index in [2.05, 4.69) is 65.9 Å². The van der Waals surface area contributed by atoms with Gasteiger partial charge in [-0.2, -0.15) is 0 Å². The maximum Gasteiger partial charge on any atom is 0.302 e. The minimum absolute atomic E-state index is 0.00541. The number of Topliss-reactive ketones (excluding diaryl/α,β-unsaturated/α-hetero) is 1. The number of amides is 1. The van der Waals surface area contributed by atoms with Crippen molar-refractivity contribution in [2.24, 2.45) is 44.3 Å². The van der Waals surface area contributed by atoms with Crippen LogP contribution < -0.4 is 5.32 Å². The van der Waals surface area contributed by atoms with Crippen molar-refractivity contribution in [3.05, 3.63) is 47.0 Å². The Morgan fingerprint density at radius 2 is 1.55 bits per heavy atom. The molecule has 0 aromatic heterocycles. The third-order valence-corrected chi connectivity index (χ3v) is 14.5. The molecule has 0 bridgehead atoms. The Morgan fingerprint density at radius 3 is 2.23 bits per heavy atom. The maximum atomic E-state index is 14.7. The Balaban J connectivity index is 1.34. The third kappa shape index (κ3) is 4.48. The van der Waals surface area contributed by atoms with Crippen molar-refractivity contribution in [1.29, 1.82) is 0 Å². The van der Waals surface area contributed by atoms with Gasteiger partial charge in [0, 0.05) is 31.2 Å². The molecule has 5 nitrogen and oxygen atoms in total. The molecule has 1 amide bonds. The number of fused-ring (bicyclic) bond motifs is 6. The molecule has 1 aromatic carbocycles. The number of rotatable bonds is 4. The normalized spacial score (nSPS) is 42.7. The number of hydrogen-bond donors (Lipinski definition) is 1. The van der Waals surface area contributed by atoms with Gasteiger partial charge in [0.05, 0.1) is 5.41 Å². The number of hydrogen-bond acceptors (Lipinski definition) is 4. The van der Waals surface area contributed by atoms with E-state index in [1.807, 2.05) is 18.2 Å². The van der Waals surface area contributed by atoms with E-state index >= 15 is 0 Å². The highest BCUT2D eigenvalue weighted by Crippen LogP contribution is 2.75. The fourth-order valence-electron chi connectivity index (χ4n) is 11.7. The Hall–Kier alpha value is -2.43.